The molecule has 0 aliphatic carbocycles. The van der Waals surface area contributed by atoms with Crippen LogP contribution in [0.15, 0.2) is 53.0 Å². The lowest BCUT2D eigenvalue weighted by atomic mass is 9.76. The maximum Gasteiger partial charge on any atom is 0.316 e. The Morgan fingerprint density at radius 1 is 0.950 bits per heavy atom. The van der Waals surface area contributed by atoms with E-state index < -0.39 is 40.8 Å². The molecule has 0 N–H and O–H groups in total. The summed E-state index contributed by atoms with van der Waals surface area (Å²) in [6, 6.07) is 14.3. The van der Waals surface area contributed by atoms with Gasteiger partial charge in [-0.3, -0.25) is 4.79 Å². The third kappa shape index (κ3) is 9.77. The van der Waals surface area contributed by atoms with E-state index in [1.54, 1.807) is 25.1 Å². The molecule has 0 spiro atoms. The second kappa shape index (κ2) is 13.6. The summed E-state index contributed by atoms with van der Waals surface area (Å²) in [4.78, 5) is 13.4. The normalized spacial score (nSPS) is 14.6. The Labute approximate surface area is 250 Å². The van der Waals surface area contributed by atoms with Crippen LogP contribution in [-0.4, -0.2) is 40.8 Å². The van der Waals surface area contributed by atoms with Crippen molar-refractivity contribution in [2.24, 2.45) is 5.41 Å². The SMILES string of the molecule is CC(C)(CCC[C@@](C)(C(=O)OCc1ccccc1)c1cccc(Br)c1F)CS(=O)(=O)CCO[Si](C)(C)C(C)(C)C. The molecule has 0 aliphatic heterocycles. The van der Waals surface area contributed by atoms with Crippen molar-refractivity contribution in [3.05, 3.63) is 69.9 Å². The molecule has 2 aromatic rings. The summed E-state index contributed by atoms with van der Waals surface area (Å²) in [6.45, 7) is 16.4. The quantitative estimate of drug-likeness (QED) is 0.151. The molecule has 1 atom stereocenters. The lowest BCUT2D eigenvalue weighted by Gasteiger charge is -2.36. The summed E-state index contributed by atoms with van der Waals surface area (Å²) in [5.41, 5.74) is -0.667. The van der Waals surface area contributed by atoms with E-state index in [1.165, 1.54) is 0 Å². The van der Waals surface area contributed by atoms with Crippen LogP contribution in [0.3, 0.4) is 0 Å². The largest absolute Gasteiger partial charge is 0.460 e. The fraction of sp³-hybridized carbons (Fsp3) is 0.581. The second-order valence-corrected chi connectivity index (χ2v) is 21.1. The van der Waals surface area contributed by atoms with Gasteiger partial charge in [0.1, 0.15) is 12.4 Å². The summed E-state index contributed by atoms with van der Waals surface area (Å²) >= 11 is 3.24. The molecule has 0 radical (unpaired) electrons. The minimum atomic E-state index is -3.35. The van der Waals surface area contributed by atoms with Gasteiger partial charge >= 0.3 is 5.97 Å². The van der Waals surface area contributed by atoms with Crippen LogP contribution in [0, 0.1) is 11.2 Å². The number of benzene rings is 2. The summed E-state index contributed by atoms with van der Waals surface area (Å²) in [5, 5.41) is 0.0126. The first-order valence-electron chi connectivity index (χ1n) is 13.8. The molecule has 0 bridgehead atoms. The predicted octanol–water partition coefficient (Wildman–Crippen LogP) is 8.22. The summed E-state index contributed by atoms with van der Waals surface area (Å²) in [5.74, 6) is -1.01. The predicted molar refractivity (Wildman–Crippen MR) is 167 cm³/mol. The summed E-state index contributed by atoms with van der Waals surface area (Å²) in [6.07, 6.45) is 1.38. The van der Waals surface area contributed by atoms with Gasteiger partial charge in [0, 0.05) is 12.2 Å². The maximum atomic E-state index is 15.2. The first-order valence-corrected chi connectivity index (χ1v) is 19.3. The number of ether oxygens (including phenoxy) is 1. The van der Waals surface area contributed by atoms with E-state index in [9.17, 15) is 13.2 Å². The molecular weight excluding hydrogens is 611 g/mol. The zero-order chi connectivity index (χ0) is 30.4. The van der Waals surface area contributed by atoms with Gasteiger partial charge in [0.05, 0.1) is 21.4 Å². The molecule has 0 heterocycles. The van der Waals surface area contributed by atoms with Crippen LogP contribution in [0.4, 0.5) is 4.39 Å². The molecule has 0 unspecified atom stereocenters. The monoisotopic (exact) mass is 656 g/mol. The Kier molecular flexibility index (Phi) is 11.8. The molecule has 5 nitrogen and oxygen atoms in total. The minimum absolute atomic E-state index is 0.0126. The molecule has 40 heavy (non-hydrogen) atoms. The summed E-state index contributed by atoms with van der Waals surface area (Å²) < 4.78 is 53.2. The van der Waals surface area contributed by atoms with E-state index in [2.05, 4.69) is 49.8 Å². The van der Waals surface area contributed by atoms with E-state index in [0.717, 1.165) is 5.56 Å². The smallest absolute Gasteiger partial charge is 0.316 e. The van der Waals surface area contributed by atoms with Gasteiger partial charge in [0.25, 0.3) is 0 Å². The van der Waals surface area contributed by atoms with Crippen LogP contribution in [-0.2, 0) is 35.8 Å². The lowest BCUT2D eigenvalue weighted by Crippen LogP contribution is -2.42. The molecule has 0 aliphatic rings. The third-order valence-electron chi connectivity index (χ3n) is 8.01. The molecule has 0 saturated carbocycles. The average molecular weight is 658 g/mol. The zero-order valence-corrected chi connectivity index (χ0v) is 28.7. The Morgan fingerprint density at radius 2 is 1.57 bits per heavy atom. The first-order chi connectivity index (χ1) is 18.3. The topological polar surface area (TPSA) is 69.7 Å². The van der Waals surface area contributed by atoms with Crippen LogP contribution in [0.25, 0.3) is 0 Å². The number of halogens is 2. The Morgan fingerprint density at radius 3 is 2.17 bits per heavy atom. The fourth-order valence-electron chi connectivity index (χ4n) is 4.46. The van der Waals surface area contributed by atoms with Crippen LogP contribution in [0.2, 0.25) is 18.1 Å². The number of hydrogen-bond donors (Lipinski definition) is 0. The fourth-order valence-corrected chi connectivity index (χ4v) is 7.84. The molecule has 2 rings (SSSR count). The van der Waals surface area contributed by atoms with Gasteiger partial charge in [0.15, 0.2) is 18.2 Å². The van der Waals surface area contributed by atoms with Gasteiger partial charge in [-0.05, 0) is 70.9 Å². The maximum absolute atomic E-state index is 15.2. The first kappa shape index (κ1) is 34.6. The van der Waals surface area contributed by atoms with Crippen LogP contribution < -0.4 is 0 Å². The minimum Gasteiger partial charge on any atom is -0.460 e. The Balaban J connectivity index is 2.10. The lowest BCUT2D eigenvalue weighted by molar-refractivity contribution is -0.152. The van der Waals surface area contributed by atoms with Crippen molar-refractivity contribution in [3.8, 4) is 0 Å². The van der Waals surface area contributed by atoms with Crippen molar-refractivity contribution in [2.45, 2.75) is 91.0 Å². The van der Waals surface area contributed by atoms with Crippen molar-refractivity contribution >= 4 is 40.1 Å². The van der Waals surface area contributed by atoms with E-state index in [0.29, 0.717) is 19.3 Å². The molecule has 0 amide bonds. The molecule has 224 valence electrons. The molecular formula is C31H46BrFO5SSi. The van der Waals surface area contributed by atoms with Gasteiger partial charge < -0.3 is 9.16 Å². The highest BCUT2D eigenvalue weighted by Crippen LogP contribution is 2.38. The molecule has 0 aromatic heterocycles. The zero-order valence-electron chi connectivity index (χ0n) is 25.3. The number of rotatable bonds is 14. The van der Waals surface area contributed by atoms with E-state index in [1.807, 2.05) is 44.2 Å². The van der Waals surface area contributed by atoms with Crippen molar-refractivity contribution < 1.29 is 26.8 Å². The van der Waals surface area contributed by atoms with Crippen molar-refractivity contribution in [1.82, 2.24) is 0 Å². The van der Waals surface area contributed by atoms with E-state index in [4.69, 9.17) is 9.16 Å². The van der Waals surface area contributed by atoms with Gasteiger partial charge in [-0.2, -0.15) is 0 Å². The highest BCUT2D eigenvalue weighted by atomic mass is 79.9. The third-order valence-corrected chi connectivity index (χ3v) is 15.2. The number of hydrogen-bond acceptors (Lipinski definition) is 5. The van der Waals surface area contributed by atoms with Gasteiger partial charge in [-0.25, -0.2) is 12.8 Å². The van der Waals surface area contributed by atoms with Crippen LogP contribution in [0.1, 0.15) is 71.9 Å². The average Bonchev–Trinajstić information content (AvgIpc) is 2.82. The van der Waals surface area contributed by atoms with Gasteiger partial charge in [-0.1, -0.05) is 83.5 Å². The van der Waals surface area contributed by atoms with Gasteiger partial charge in [0.2, 0.25) is 0 Å². The molecule has 0 saturated heterocycles. The number of carbonyl (C=O) groups excluding carboxylic acids is 1. The number of carbonyl (C=O) groups is 1. The summed E-state index contributed by atoms with van der Waals surface area (Å²) in [7, 11) is -5.38. The van der Waals surface area contributed by atoms with Gasteiger partial charge in [-0.15, -0.1) is 0 Å². The van der Waals surface area contributed by atoms with Crippen LogP contribution >= 0.6 is 15.9 Å². The van der Waals surface area contributed by atoms with Crippen molar-refractivity contribution in [1.29, 1.82) is 0 Å². The van der Waals surface area contributed by atoms with Crippen molar-refractivity contribution in [3.63, 3.8) is 0 Å². The highest BCUT2D eigenvalue weighted by molar-refractivity contribution is 9.10. The standard InChI is InChI=1S/C31H46BrFO5SSi/c1-29(2,3)40(7,8)38-20-21-39(35,36)23-30(4,5)18-13-19-31(6,25-16-12-17-26(32)27(25)33)28(34)37-22-24-14-10-9-11-15-24/h9-12,14-17H,13,18-23H2,1-8H3/t31-/m1/s1. The van der Waals surface area contributed by atoms with Crippen molar-refractivity contribution in [2.75, 3.05) is 18.1 Å². The molecule has 2 aromatic carbocycles. The number of sulfone groups is 1. The second-order valence-electron chi connectivity index (χ2n) is 13.2. The van der Waals surface area contributed by atoms with E-state index >= 15 is 4.39 Å². The Hall–Kier alpha value is -1.55. The van der Waals surface area contributed by atoms with Crippen LogP contribution in [0.5, 0.6) is 0 Å². The Bertz CT molecular complexity index is 1240. The molecule has 0 fully saturated rings. The number of esters is 1. The molecule has 9 heteroatoms. The van der Waals surface area contributed by atoms with E-state index in [-0.39, 0.29) is 39.8 Å². The highest BCUT2D eigenvalue weighted by Gasteiger charge is 2.40.